The second-order valence-electron chi connectivity index (χ2n) is 3.40. The lowest BCUT2D eigenvalue weighted by atomic mass is 10.1. The summed E-state index contributed by atoms with van der Waals surface area (Å²) in [5.41, 5.74) is 0.152. The van der Waals surface area contributed by atoms with Crippen LogP contribution in [-0.4, -0.2) is 17.6 Å². The van der Waals surface area contributed by atoms with Gasteiger partial charge in [-0.25, -0.2) is 13.8 Å². The first kappa shape index (κ1) is 13.8. The summed E-state index contributed by atoms with van der Waals surface area (Å²) in [6.07, 6.45) is -2.99. The fraction of sp³-hybridized carbons (Fsp3) is 0.455. The van der Waals surface area contributed by atoms with Gasteiger partial charge in [0.1, 0.15) is 5.15 Å². The van der Waals surface area contributed by atoms with Crippen molar-refractivity contribution in [2.24, 2.45) is 0 Å². The molecule has 94 valence electrons. The van der Waals surface area contributed by atoms with Gasteiger partial charge in [-0.15, -0.1) is 0 Å². The lowest BCUT2D eigenvalue weighted by Gasteiger charge is -2.11. The van der Waals surface area contributed by atoms with Crippen molar-refractivity contribution in [3.8, 4) is 0 Å². The molecule has 0 saturated heterocycles. The molecule has 0 aliphatic heterocycles. The van der Waals surface area contributed by atoms with Crippen molar-refractivity contribution in [1.29, 1.82) is 0 Å². The number of carbonyl (C=O) groups is 1. The summed E-state index contributed by atoms with van der Waals surface area (Å²) in [5, 5.41) is -0.0756. The number of aromatic nitrogens is 1. The van der Waals surface area contributed by atoms with E-state index in [1.54, 1.807) is 13.8 Å². The van der Waals surface area contributed by atoms with Crippen LogP contribution in [0.15, 0.2) is 6.07 Å². The average molecular weight is 264 g/mol. The monoisotopic (exact) mass is 263 g/mol. The molecule has 3 nitrogen and oxygen atoms in total. The summed E-state index contributed by atoms with van der Waals surface area (Å²) in [6.45, 7) is 3.40. The van der Waals surface area contributed by atoms with Gasteiger partial charge in [0.15, 0.2) is 0 Å². The van der Waals surface area contributed by atoms with Crippen molar-refractivity contribution < 1.29 is 18.3 Å². The van der Waals surface area contributed by atoms with E-state index in [0.29, 0.717) is 5.69 Å². The van der Waals surface area contributed by atoms with Gasteiger partial charge in [-0.3, -0.25) is 4.79 Å². The number of nitrogens with zero attached hydrogens (tertiary/aromatic N) is 1. The Hall–Kier alpha value is -1.23. The van der Waals surface area contributed by atoms with Crippen LogP contribution in [0.2, 0.25) is 5.15 Å². The number of esters is 1. The number of hydrogen-bond donors (Lipinski definition) is 0. The van der Waals surface area contributed by atoms with E-state index >= 15 is 0 Å². The van der Waals surface area contributed by atoms with Crippen LogP contribution in [0.25, 0.3) is 0 Å². The van der Waals surface area contributed by atoms with Gasteiger partial charge in [-0.2, -0.15) is 0 Å². The summed E-state index contributed by atoms with van der Waals surface area (Å²) < 4.78 is 30.3. The summed E-state index contributed by atoms with van der Waals surface area (Å²) in [6, 6.07) is 1.23. The molecule has 1 rings (SSSR count). The van der Waals surface area contributed by atoms with E-state index in [9.17, 15) is 13.6 Å². The minimum atomic E-state index is -2.70. The van der Waals surface area contributed by atoms with Gasteiger partial charge in [0.25, 0.3) is 6.43 Å². The number of aryl methyl sites for hydroxylation is 1. The molecular formula is C11H12ClF2NO2. The molecule has 1 aromatic rings. The molecule has 0 saturated carbocycles. The maximum absolute atomic E-state index is 12.8. The molecular weight excluding hydrogens is 252 g/mol. The number of carbonyl (C=O) groups excluding carboxylic acids is 1. The number of hydrogen-bond acceptors (Lipinski definition) is 3. The molecule has 0 unspecified atom stereocenters. The Morgan fingerprint density at radius 2 is 2.24 bits per heavy atom. The third-order valence-electron chi connectivity index (χ3n) is 2.10. The highest BCUT2D eigenvalue weighted by Gasteiger charge is 2.20. The Morgan fingerprint density at radius 3 is 2.76 bits per heavy atom. The van der Waals surface area contributed by atoms with Gasteiger partial charge in [-0.1, -0.05) is 11.6 Å². The first-order chi connectivity index (χ1) is 7.95. The SMILES string of the molecule is CCOC(=O)Cc1c(C(F)F)cc(C)nc1Cl. The molecule has 0 aliphatic carbocycles. The minimum absolute atomic E-state index is 0.0331. The van der Waals surface area contributed by atoms with Crippen LogP contribution in [0.1, 0.15) is 30.2 Å². The average Bonchev–Trinajstić information content (AvgIpc) is 2.21. The van der Waals surface area contributed by atoms with Crippen LogP contribution in [0.3, 0.4) is 0 Å². The summed E-state index contributed by atoms with van der Waals surface area (Å²) in [7, 11) is 0. The normalized spacial score (nSPS) is 10.7. The fourth-order valence-electron chi connectivity index (χ4n) is 1.41. The Bertz CT molecular complexity index is 424. The van der Waals surface area contributed by atoms with Crippen LogP contribution < -0.4 is 0 Å². The van der Waals surface area contributed by atoms with E-state index in [0.717, 1.165) is 0 Å². The van der Waals surface area contributed by atoms with Crippen LogP contribution in [0.4, 0.5) is 8.78 Å². The molecule has 0 fully saturated rings. The largest absolute Gasteiger partial charge is 0.466 e. The van der Waals surface area contributed by atoms with Crippen molar-refractivity contribution in [1.82, 2.24) is 4.98 Å². The van der Waals surface area contributed by atoms with Crippen molar-refractivity contribution in [2.45, 2.75) is 26.7 Å². The fourth-order valence-corrected chi connectivity index (χ4v) is 1.72. The highest BCUT2D eigenvalue weighted by molar-refractivity contribution is 6.30. The molecule has 1 heterocycles. The number of rotatable bonds is 4. The topological polar surface area (TPSA) is 39.2 Å². The molecule has 0 radical (unpaired) electrons. The summed E-state index contributed by atoms with van der Waals surface area (Å²) in [5.74, 6) is -0.595. The maximum atomic E-state index is 12.8. The number of pyridine rings is 1. The van der Waals surface area contributed by atoms with Crippen LogP contribution >= 0.6 is 11.6 Å². The lowest BCUT2D eigenvalue weighted by Crippen LogP contribution is -2.11. The minimum Gasteiger partial charge on any atom is -0.466 e. The molecule has 0 N–H and O–H groups in total. The van der Waals surface area contributed by atoms with E-state index in [1.165, 1.54) is 6.07 Å². The van der Waals surface area contributed by atoms with Gasteiger partial charge in [-0.05, 0) is 19.9 Å². The predicted octanol–water partition coefficient (Wildman–Crippen LogP) is 3.09. The second kappa shape index (κ2) is 5.91. The molecule has 0 aromatic carbocycles. The van der Waals surface area contributed by atoms with E-state index in [4.69, 9.17) is 16.3 Å². The standard InChI is InChI=1S/C11H12ClF2NO2/c1-3-17-9(16)5-7-8(11(13)14)4-6(2)15-10(7)12/h4,11H,3,5H2,1-2H3. The molecule has 0 amide bonds. The number of alkyl halides is 2. The third-order valence-corrected chi connectivity index (χ3v) is 2.41. The van der Waals surface area contributed by atoms with Gasteiger partial charge >= 0.3 is 5.97 Å². The highest BCUT2D eigenvalue weighted by Crippen LogP contribution is 2.28. The van der Waals surface area contributed by atoms with Crippen molar-refractivity contribution in [2.75, 3.05) is 6.61 Å². The number of halogens is 3. The third kappa shape index (κ3) is 3.63. The van der Waals surface area contributed by atoms with Crippen LogP contribution in [-0.2, 0) is 16.0 Å². The molecule has 0 spiro atoms. The quantitative estimate of drug-likeness (QED) is 0.619. The first-order valence-electron chi connectivity index (χ1n) is 5.05. The Balaban J connectivity index is 3.08. The molecule has 0 atom stereocenters. The Labute approximate surface area is 103 Å². The van der Waals surface area contributed by atoms with Gasteiger partial charge in [0.05, 0.1) is 13.0 Å². The van der Waals surface area contributed by atoms with Crippen molar-refractivity contribution in [3.05, 3.63) is 28.0 Å². The molecule has 0 bridgehead atoms. The van der Waals surface area contributed by atoms with Crippen LogP contribution in [0, 0.1) is 6.92 Å². The van der Waals surface area contributed by atoms with E-state index in [-0.39, 0.29) is 29.3 Å². The van der Waals surface area contributed by atoms with E-state index in [2.05, 4.69) is 4.98 Å². The van der Waals surface area contributed by atoms with Crippen molar-refractivity contribution >= 4 is 17.6 Å². The van der Waals surface area contributed by atoms with Crippen LogP contribution in [0.5, 0.6) is 0 Å². The van der Waals surface area contributed by atoms with Crippen molar-refractivity contribution in [3.63, 3.8) is 0 Å². The van der Waals surface area contributed by atoms with Gasteiger partial charge in [0.2, 0.25) is 0 Å². The molecule has 1 aromatic heterocycles. The molecule has 0 aliphatic rings. The molecule has 6 heteroatoms. The Kier molecular flexibility index (Phi) is 4.81. The summed E-state index contributed by atoms with van der Waals surface area (Å²) >= 11 is 5.77. The Morgan fingerprint density at radius 1 is 1.59 bits per heavy atom. The van der Waals surface area contributed by atoms with Gasteiger partial charge in [0, 0.05) is 16.8 Å². The zero-order valence-electron chi connectivity index (χ0n) is 9.47. The van der Waals surface area contributed by atoms with E-state index in [1.807, 2.05) is 0 Å². The summed E-state index contributed by atoms with van der Waals surface area (Å²) in [4.78, 5) is 15.1. The molecule has 17 heavy (non-hydrogen) atoms. The van der Waals surface area contributed by atoms with E-state index < -0.39 is 12.4 Å². The lowest BCUT2D eigenvalue weighted by molar-refractivity contribution is -0.142. The highest BCUT2D eigenvalue weighted by atomic mass is 35.5. The predicted molar refractivity (Wildman–Crippen MR) is 59.3 cm³/mol. The second-order valence-corrected chi connectivity index (χ2v) is 3.76. The maximum Gasteiger partial charge on any atom is 0.310 e. The zero-order chi connectivity index (χ0) is 13.0. The smallest absolute Gasteiger partial charge is 0.310 e. The zero-order valence-corrected chi connectivity index (χ0v) is 10.2. The van der Waals surface area contributed by atoms with Gasteiger partial charge < -0.3 is 4.74 Å². The first-order valence-corrected chi connectivity index (χ1v) is 5.43. The number of ether oxygens (including phenoxy) is 1.